The molecule has 1 aliphatic rings. The van der Waals surface area contributed by atoms with E-state index in [1.54, 1.807) is 0 Å². The maximum absolute atomic E-state index is 13.6. The van der Waals surface area contributed by atoms with Gasteiger partial charge in [-0.3, -0.25) is 9.10 Å². The molecule has 1 amide bonds. The number of alkyl halides is 3. The molecule has 36 heavy (non-hydrogen) atoms. The van der Waals surface area contributed by atoms with Crippen molar-refractivity contribution >= 4 is 21.6 Å². The molecule has 0 radical (unpaired) electrons. The molecule has 11 heteroatoms. The van der Waals surface area contributed by atoms with Crippen molar-refractivity contribution in [2.45, 2.75) is 43.2 Å². The van der Waals surface area contributed by atoms with Gasteiger partial charge in [-0.2, -0.15) is 13.2 Å². The van der Waals surface area contributed by atoms with Gasteiger partial charge in [0.15, 0.2) is 11.5 Å². The summed E-state index contributed by atoms with van der Waals surface area (Å²) in [6.07, 6.45) is 2.27. The maximum atomic E-state index is 13.6. The number of nitrogens with one attached hydrogen (secondary N) is 1. The Kier molecular flexibility index (Phi) is 8.89. The lowest BCUT2D eigenvalue weighted by Gasteiger charge is -2.25. The fourth-order valence-electron chi connectivity index (χ4n) is 3.94. The van der Waals surface area contributed by atoms with E-state index in [0.29, 0.717) is 23.3 Å². The third-order valence-electron chi connectivity index (χ3n) is 5.84. The molecular weight excluding hydrogens is 497 g/mol. The molecule has 0 atom stereocenters. The summed E-state index contributed by atoms with van der Waals surface area (Å²) in [5.41, 5.74) is -0.0869. The maximum Gasteiger partial charge on any atom is 0.416 e. The van der Waals surface area contributed by atoms with E-state index >= 15 is 0 Å². The van der Waals surface area contributed by atoms with Gasteiger partial charge in [0.25, 0.3) is 10.0 Å². The second kappa shape index (κ2) is 11.7. The van der Waals surface area contributed by atoms with Crippen LogP contribution in [-0.4, -0.2) is 41.6 Å². The van der Waals surface area contributed by atoms with Gasteiger partial charge >= 0.3 is 6.18 Å². The van der Waals surface area contributed by atoms with Crippen molar-refractivity contribution in [2.75, 3.05) is 31.6 Å². The first-order valence-electron chi connectivity index (χ1n) is 11.4. The number of hydrogen-bond acceptors (Lipinski definition) is 5. The fraction of sp³-hybridized carbons (Fsp3) is 0.400. The minimum atomic E-state index is -4.69. The number of sulfonamides is 1. The molecular formula is C25H29F3N2O5S. The Labute approximate surface area is 208 Å². The molecule has 0 heterocycles. The van der Waals surface area contributed by atoms with E-state index in [-0.39, 0.29) is 22.1 Å². The van der Waals surface area contributed by atoms with E-state index in [1.807, 2.05) is 0 Å². The normalized spacial score (nSPS) is 14.1. The van der Waals surface area contributed by atoms with Gasteiger partial charge in [0.2, 0.25) is 5.91 Å². The highest BCUT2D eigenvalue weighted by Gasteiger charge is 2.33. The summed E-state index contributed by atoms with van der Waals surface area (Å²) in [6.45, 7) is -0.394. The first-order chi connectivity index (χ1) is 17.1. The zero-order chi connectivity index (χ0) is 26.3. The molecule has 7 nitrogen and oxygen atoms in total. The number of benzene rings is 2. The van der Waals surface area contributed by atoms with Gasteiger partial charge in [0.1, 0.15) is 6.54 Å². The molecule has 196 valence electrons. The molecule has 0 aliphatic heterocycles. The summed E-state index contributed by atoms with van der Waals surface area (Å²) in [6, 6.07) is 7.67. The summed E-state index contributed by atoms with van der Waals surface area (Å²) in [4.78, 5) is 12.5. The predicted octanol–water partition coefficient (Wildman–Crippen LogP) is 4.92. The SMILES string of the molecule is COc1ccc(S(=O)(=O)N(CC(=O)NCCC2=CCCCC2)c2cccc(C(F)(F)F)c2)cc1OC. The Morgan fingerprint density at radius 2 is 1.81 bits per heavy atom. The number of anilines is 1. The molecule has 0 unspecified atom stereocenters. The van der Waals surface area contributed by atoms with Crippen LogP contribution in [0.5, 0.6) is 11.5 Å². The number of ether oxygens (including phenoxy) is 2. The fourth-order valence-corrected chi connectivity index (χ4v) is 5.37. The van der Waals surface area contributed by atoms with Crippen LogP contribution >= 0.6 is 0 Å². The number of carbonyl (C=O) groups excluding carboxylic acids is 1. The number of rotatable bonds is 10. The van der Waals surface area contributed by atoms with Crippen LogP contribution < -0.4 is 19.1 Å². The zero-order valence-electron chi connectivity index (χ0n) is 20.1. The topological polar surface area (TPSA) is 84.9 Å². The van der Waals surface area contributed by atoms with E-state index in [4.69, 9.17) is 9.47 Å². The van der Waals surface area contributed by atoms with Crippen molar-refractivity contribution < 1.29 is 35.9 Å². The highest BCUT2D eigenvalue weighted by Crippen LogP contribution is 2.35. The van der Waals surface area contributed by atoms with E-state index in [2.05, 4.69) is 11.4 Å². The van der Waals surface area contributed by atoms with Crippen LogP contribution in [-0.2, 0) is 21.0 Å². The van der Waals surface area contributed by atoms with E-state index in [0.717, 1.165) is 37.8 Å². The van der Waals surface area contributed by atoms with Crippen molar-refractivity contribution in [1.29, 1.82) is 0 Å². The summed E-state index contributed by atoms with van der Waals surface area (Å²) in [7, 11) is -1.75. The molecule has 0 spiro atoms. The van der Waals surface area contributed by atoms with E-state index < -0.39 is 34.2 Å². The summed E-state index contributed by atoms with van der Waals surface area (Å²) in [5.74, 6) is -0.238. The molecule has 2 aromatic carbocycles. The van der Waals surface area contributed by atoms with Crippen LogP contribution in [0.1, 0.15) is 37.7 Å². The second-order valence-corrected chi connectivity index (χ2v) is 10.1. The molecule has 2 aromatic rings. The lowest BCUT2D eigenvalue weighted by molar-refractivity contribution is -0.137. The predicted molar refractivity (Wildman–Crippen MR) is 130 cm³/mol. The first kappa shape index (κ1) is 27.4. The Morgan fingerprint density at radius 3 is 2.44 bits per heavy atom. The number of halogens is 3. The monoisotopic (exact) mass is 526 g/mol. The average Bonchev–Trinajstić information content (AvgIpc) is 2.87. The van der Waals surface area contributed by atoms with Crippen LogP contribution in [0.4, 0.5) is 18.9 Å². The summed E-state index contributed by atoms with van der Waals surface area (Å²) >= 11 is 0. The molecule has 0 aromatic heterocycles. The largest absolute Gasteiger partial charge is 0.493 e. The van der Waals surface area contributed by atoms with Crippen LogP contribution in [0.3, 0.4) is 0 Å². The van der Waals surface area contributed by atoms with Crippen LogP contribution in [0.2, 0.25) is 0 Å². The number of methoxy groups -OCH3 is 2. The van der Waals surface area contributed by atoms with E-state index in [1.165, 1.54) is 44.1 Å². The molecule has 1 N–H and O–H groups in total. The Balaban J connectivity index is 1.91. The average molecular weight is 527 g/mol. The summed E-state index contributed by atoms with van der Waals surface area (Å²) < 4.78 is 78.2. The molecule has 0 bridgehead atoms. The smallest absolute Gasteiger partial charge is 0.416 e. The minimum absolute atomic E-state index is 0.118. The third kappa shape index (κ3) is 6.71. The Hall–Kier alpha value is -3.21. The first-order valence-corrected chi connectivity index (χ1v) is 12.9. The molecule has 0 saturated heterocycles. The summed E-state index contributed by atoms with van der Waals surface area (Å²) in [5, 5.41) is 2.69. The number of amides is 1. The van der Waals surface area contributed by atoms with Crippen molar-refractivity contribution in [3.63, 3.8) is 0 Å². The molecule has 3 rings (SSSR count). The Bertz CT molecular complexity index is 1210. The van der Waals surface area contributed by atoms with Gasteiger partial charge in [-0.05, 0) is 62.4 Å². The van der Waals surface area contributed by atoms with Gasteiger partial charge in [-0.15, -0.1) is 0 Å². The lowest BCUT2D eigenvalue weighted by atomic mass is 9.97. The lowest BCUT2D eigenvalue weighted by Crippen LogP contribution is -2.41. The van der Waals surface area contributed by atoms with Crippen LogP contribution in [0.25, 0.3) is 0 Å². The minimum Gasteiger partial charge on any atom is -0.493 e. The standard InChI is InChI=1S/C25H29F3N2O5S/c1-34-22-12-11-21(16-23(22)35-2)36(32,33)30(20-10-6-9-19(15-20)25(26,27)28)17-24(31)29-14-13-18-7-4-3-5-8-18/h6-7,9-12,15-16H,3-5,8,13-14,17H2,1-2H3,(H,29,31). The van der Waals surface area contributed by atoms with Crippen LogP contribution in [0, 0.1) is 0 Å². The molecule has 1 aliphatic carbocycles. The number of nitrogens with zero attached hydrogens (tertiary/aromatic N) is 1. The van der Waals surface area contributed by atoms with Gasteiger partial charge in [-0.1, -0.05) is 17.7 Å². The molecule has 0 fully saturated rings. The van der Waals surface area contributed by atoms with Crippen molar-refractivity contribution in [3.8, 4) is 11.5 Å². The zero-order valence-corrected chi connectivity index (χ0v) is 20.9. The van der Waals surface area contributed by atoms with Crippen LogP contribution in [0.15, 0.2) is 59.0 Å². The van der Waals surface area contributed by atoms with Gasteiger partial charge in [-0.25, -0.2) is 8.42 Å². The van der Waals surface area contributed by atoms with Gasteiger partial charge in [0.05, 0.1) is 30.4 Å². The highest BCUT2D eigenvalue weighted by molar-refractivity contribution is 7.92. The number of hydrogen-bond donors (Lipinski definition) is 1. The van der Waals surface area contributed by atoms with Crippen molar-refractivity contribution in [3.05, 3.63) is 59.7 Å². The second-order valence-electron chi connectivity index (χ2n) is 8.28. The van der Waals surface area contributed by atoms with Crippen molar-refractivity contribution in [2.24, 2.45) is 0 Å². The number of carbonyl (C=O) groups is 1. The quantitative estimate of drug-likeness (QED) is 0.444. The third-order valence-corrected chi connectivity index (χ3v) is 7.61. The number of allylic oxidation sites excluding steroid dienone is 1. The van der Waals surface area contributed by atoms with Gasteiger partial charge < -0.3 is 14.8 Å². The van der Waals surface area contributed by atoms with Crippen molar-refractivity contribution in [1.82, 2.24) is 5.32 Å². The Morgan fingerprint density at radius 1 is 1.06 bits per heavy atom. The molecule has 0 saturated carbocycles. The van der Waals surface area contributed by atoms with E-state index in [9.17, 15) is 26.4 Å². The van der Waals surface area contributed by atoms with Gasteiger partial charge in [0, 0.05) is 12.6 Å². The highest BCUT2D eigenvalue weighted by atomic mass is 32.2.